The molecule has 18 heavy (non-hydrogen) atoms. The Hall–Kier alpha value is -2.24. The lowest BCUT2D eigenvalue weighted by molar-refractivity contribution is 0.0692. The second-order valence-corrected chi connectivity index (χ2v) is 3.97. The summed E-state index contributed by atoms with van der Waals surface area (Å²) in [5.74, 6) is -0.0719. The van der Waals surface area contributed by atoms with Crippen LogP contribution in [0, 0.1) is 13.8 Å². The first-order valence-corrected chi connectivity index (χ1v) is 5.43. The fourth-order valence-corrected chi connectivity index (χ4v) is 1.74. The maximum absolute atomic E-state index is 10.9. The van der Waals surface area contributed by atoms with Gasteiger partial charge in [-0.05, 0) is 19.9 Å². The molecule has 0 aliphatic rings. The van der Waals surface area contributed by atoms with Crippen LogP contribution in [0.1, 0.15) is 27.5 Å². The van der Waals surface area contributed by atoms with Crippen LogP contribution in [0.4, 0.5) is 0 Å². The van der Waals surface area contributed by atoms with Gasteiger partial charge in [-0.2, -0.15) is 5.10 Å². The van der Waals surface area contributed by atoms with E-state index in [-0.39, 0.29) is 12.2 Å². The van der Waals surface area contributed by atoms with Crippen molar-refractivity contribution in [3.05, 3.63) is 35.0 Å². The summed E-state index contributed by atoms with van der Waals surface area (Å²) in [7, 11) is 1.82. The van der Waals surface area contributed by atoms with Gasteiger partial charge >= 0.3 is 5.97 Å². The second-order valence-electron chi connectivity index (χ2n) is 3.97. The van der Waals surface area contributed by atoms with E-state index < -0.39 is 5.97 Å². The molecule has 0 aliphatic carbocycles. The summed E-state index contributed by atoms with van der Waals surface area (Å²) in [6.07, 6.45) is 1.34. The molecule has 0 unspecified atom stereocenters. The first-order valence-electron chi connectivity index (χ1n) is 5.43. The molecule has 96 valence electrons. The molecule has 0 amide bonds. The smallest absolute Gasteiger partial charge is 0.339 e. The van der Waals surface area contributed by atoms with E-state index in [1.165, 1.54) is 12.3 Å². The minimum Gasteiger partial charge on any atom is -0.482 e. The SMILES string of the molecule is Cc1nn(C)c(C)c1OCc1occc1C(=O)O. The summed E-state index contributed by atoms with van der Waals surface area (Å²) in [5.41, 5.74) is 1.77. The van der Waals surface area contributed by atoms with Crippen molar-refractivity contribution in [3.8, 4) is 5.75 Å². The van der Waals surface area contributed by atoms with E-state index in [1.807, 2.05) is 20.9 Å². The molecule has 6 heteroatoms. The normalized spacial score (nSPS) is 10.6. The fourth-order valence-electron chi connectivity index (χ4n) is 1.74. The van der Waals surface area contributed by atoms with Gasteiger partial charge in [0, 0.05) is 7.05 Å². The molecule has 0 saturated carbocycles. The Morgan fingerprint density at radius 1 is 1.56 bits per heavy atom. The number of aromatic nitrogens is 2. The van der Waals surface area contributed by atoms with E-state index in [0.29, 0.717) is 11.5 Å². The summed E-state index contributed by atoms with van der Waals surface area (Å²) < 4.78 is 12.4. The van der Waals surface area contributed by atoms with Crippen molar-refractivity contribution in [1.29, 1.82) is 0 Å². The summed E-state index contributed by atoms with van der Waals surface area (Å²) in [6, 6.07) is 1.41. The molecule has 2 heterocycles. The molecule has 2 aromatic heterocycles. The van der Waals surface area contributed by atoms with Gasteiger partial charge in [-0.1, -0.05) is 0 Å². The Balaban J connectivity index is 2.16. The van der Waals surface area contributed by atoms with Gasteiger partial charge in [0.05, 0.1) is 12.0 Å². The fraction of sp³-hybridized carbons (Fsp3) is 0.333. The molecular formula is C12H14N2O4. The summed E-state index contributed by atoms with van der Waals surface area (Å²) in [5, 5.41) is 13.1. The number of furan rings is 1. The zero-order valence-corrected chi connectivity index (χ0v) is 10.4. The van der Waals surface area contributed by atoms with E-state index in [1.54, 1.807) is 4.68 Å². The van der Waals surface area contributed by atoms with Gasteiger partial charge in [0.25, 0.3) is 0 Å². The lowest BCUT2D eigenvalue weighted by atomic mass is 10.2. The quantitative estimate of drug-likeness (QED) is 0.896. The molecule has 2 aromatic rings. The number of nitrogens with zero attached hydrogens (tertiary/aromatic N) is 2. The van der Waals surface area contributed by atoms with E-state index >= 15 is 0 Å². The molecule has 0 aliphatic heterocycles. The lowest BCUT2D eigenvalue weighted by Gasteiger charge is -2.05. The third-order valence-corrected chi connectivity index (χ3v) is 2.77. The van der Waals surface area contributed by atoms with Crippen LogP contribution in [0.3, 0.4) is 0 Å². The largest absolute Gasteiger partial charge is 0.482 e. The summed E-state index contributed by atoms with van der Waals surface area (Å²) >= 11 is 0. The molecule has 0 fully saturated rings. The molecule has 0 atom stereocenters. The molecule has 6 nitrogen and oxygen atoms in total. The zero-order valence-electron chi connectivity index (χ0n) is 10.4. The van der Waals surface area contributed by atoms with Gasteiger partial charge in [0.2, 0.25) is 0 Å². The van der Waals surface area contributed by atoms with Gasteiger partial charge < -0.3 is 14.3 Å². The van der Waals surface area contributed by atoms with Crippen LogP contribution in [0.15, 0.2) is 16.7 Å². The van der Waals surface area contributed by atoms with Crippen LogP contribution in [0.2, 0.25) is 0 Å². The topological polar surface area (TPSA) is 77.5 Å². The van der Waals surface area contributed by atoms with Crippen molar-refractivity contribution >= 4 is 5.97 Å². The Bertz CT molecular complexity index is 583. The Kier molecular flexibility index (Phi) is 3.10. The zero-order chi connectivity index (χ0) is 13.3. The number of carbonyl (C=O) groups is 1. The van der Waals surface area contributed by atoms with Crippen molar-refractivity contribution in [2.75, 3.05) is 0 Å². The standard InChI is InChI=1S/C12H14N2O4/c1-7-11(8(2)14(3)13-7)18-6-10-9(12(15)16)4-5-17-10/h4-5H,6H2,1-3H3,(H,15,16). The number of aryl methyl sites for hydroxylation is 2. The number of ether oxygens (including phenoxy) is 1. The number of hydrogen-bond donors (Lipinski definition) is 1. The molecule has 0 spiro atoms. The van der Waals surface area contributed by atoms with Crippen molar-refractivity contribution < 1.29 is 19.1 Å². The number of hydrogen-bond acceptors (Lipinski definition) is 4. The Morgan fingerprint density at radius 3 is 2.83 bits per heavy atom. The van der Waals surface area contributed by atoms with Crippen molar-refractivity contribution in [2.24, 2.45) is 7.05 Å². The maximum atomic E-state index is 10.9. The summed E-state index contributed by atoms with van der Waals surface area (Å²) in [4.78, 5) is 10.9. The predicted molar refractivity (Wildman–Crippen MR) is 62.7 cm³/mol. The van der Waals surface area contributed by atoms with Gasteiger partial charge in [-0.3, -0.25) is 4.68 Å². The van der Waals surface area contributed by atoms with E-state index in [4.69, 9.17) is 14.3 Å². The molecule has 2 rings (SSSR count). The Morgan fingerprint density at radius 2 is 2.28 bits per heavy atom. The highest BCUT2D eigenvalue weighted by Gasteiger charge is 2.16. The molecule has 0 aromatic carbocycles. The molecule has 0 saturated heterocycles. The van der Waals surface area contributed by atoms with Gasteiger partial charge in [0.15, 0.2) is 11.5 Å². The third-order valence-electron chi connectivity index (χ3n) is 2.77. The monoisotopic (exact) mass is 250 g/mol. The van der Waals surface area contributed by atoms with Crippen LogP contribution in [0.25, 0.3) is 0 Å². The van der Waals surface area contributed by atoms with E-state index in [2.05, 4.69) is 5.10 Å². The average Bonchev–Trinajstić information content (AvgIpc) is 2.84. The van der Waals surface area contributed by atoms with E-state index in [0.717, 1.165) is 11.4 Å². The number of rotatable bonds is 4. The van der Waals surface area contributed by atoms with Crippen LogP contribution in [0.5, 0.6) is 5.75 Å². The summed E-state index contributed by atoms with van der Waals surface area (Å²) in [6.45, 7) is 3.79. The predicted octanol–water partition coefficient (Wildman–Crippen LogP) is 1.91. The lowest BCUT2D eigenvalue weighted by Crippen LogP contribution is -2.03. The molecular weight excluding hydrogens is 236 g/mol. The van der Waals surface area contributed by atoms with Crippen molar-refractivity contribution in [1.82, 2.24) is 9.78 Å². The average molecular weight is 250 g/mol. The number of carboxylic acid groups (broad SMARTS) is 1. The minimum absolute atomic E-state index is 0.0714. The number of aromatic carboxylic acids is 1. The second kappa shape index (κ2) is 4.56. The first kappa shape index (κ1) is 12.2. The highest BCUT2D eigenvalue weighted by molar-refractivity contribution is 5.88. The van der Waals surface area contributed by atoms with Crippen LogP contribution < -0.4 is 4.74 Å². The molecule has 1 N–H and O–H groups in total. The van der Waals surface area contributed by atoms with Crippen molar-refractivity contribution in [2.45, 2.75) is 20.5 Å². The maximum Gasteiger partial charge on any atom is 0.339 e. The number of carboxylic acids is 1. The third kappa shape index (κ3) is 2.09. The van der Waals surface area contributed by atoms with Gasteiger partial charge in [-0.15, -0.1) is 0 Å². The Labute approximate surface area is 104 Å². The van der Waals surface area contributed by atoms with Gasteiger partial charge in [0.1, 0.15) is 17.9 Å². The molecule has 0 bridgehead atoms. The first-order chi connectivity index (χ1) is 8.50. The molecule has 0 radical (unpaired) electrons. The highest BCUT2D eigenvalue weighted by Crippen LogP contribution is 2.23. The minimum atomic E-state index is -1.03. The van der Waals surface area contributed by atoms with Crippen LogP contribution in [-0.4, -0.2) is 20.9 Å². The van der Waals surface area contributed by atoms with Crippen LogP contribution >= 0.6 is 0 Å². The van der Waals surface area contributed by atoms with Gasteiger partial charge in [-0.25, -0.2) is 4.79 Å². The highest BCUT2D eigenvalue weighted by atomic mass is 16.5. The van der Waals surface area contributed by atoms with Crippen molar-refractivity contribution in [3.63, 3.8) is 0 Å². The van der Waals surface area contributed by atoms with Crippen LogP contribution in [-0.2, 0) is 13.7 Å². The van der Waals surface area contributed by atoms with E-state index in [9.17, 15) is 4.79 Å².